The van der Waals surface area contributed by atoms with Crippen LogP contribution in [0.2, 0.25) is 0 Å². The topological polar surface area (TPSA) is 107 Å². The van der Waals surface area contributed by atoms with E-state index in [9.17, 15) is 22.1 Å². The number of rotatable bonds is 8. The van der Waals surface area contributed by atoms with Gasteiger partial charge in [0.2, 0.25) is 20.0 Å². The van der Waals surface area contributed by atoms with Crippen molar-refractivity contribution in [1.29, 1.82) is 5.26 Å². The Kier molecular flexibility index (Phi) is 6.75. The van der Waals surface area contributed by atoms with E-state index in [0.29, 0.717) is 13.1 Å². The van der Waals surface area contributed by atoms with Gasteiger partial charge in [-0.3, -0.25) is 0 Å². The van der Waals surface area contributed by atoms with Gasteiger partial charge in [0.1, 0.15) is 5.54 Å². The summed E-state index contributed by atoms with van der Waals surface area (Å²) in [6, 6.07) is 6.97. The first kappa shape index (κ1) is 21.6. The lowest BCUT2D eigenvalue weighted by Crippen LogP contribution is -2.48. The summed E-state index contributed by atoms with van der Waals surface area (Å²) < 4.78 is 53.5. The zero-order chi connectivity index (χ0) is 19.5. The molecule has 1 rings (SSSR count). The maximum absolute atomic E-state index is 12.5. The van der Waals surface area contributed by atoms with Crippen LogP contribution in [0.15, 0.2) is 34.1 Å². The molecular weight excluding hydrogens is 362 g/mol. The fourth-order valence-electron chi connectivity index (χ4n) is 2.11. The maximum Gasteiger partial charge on any atom is 0.243 e. The first-order valence-corrected chi connectivity index (χ1v) is 10.9. The fraction of sp³-hybridized carbons (Fsp3) is 0.562. The summed E-state index contributed by atoms with van der Waals surface area (Å²) in [5, 5.41) is 9.27. The largest absolute Gasteiger partial charge is 0.243 e. The Balaban J connectivity index is 3.21. The Bertz CT molecular complexity index is 836. The molecule has 0 aliphatic rings. The molecule has 0 aliphatic heterocycles. The number of nitrogens with zero attached hydrogens (tertiary/aromatic N) is 2. The molecule has 7 nitrogen and oxygen atoms in total. The molecule has 0 saturated carbocycles. The molecule has 1 aromatic rings. The van der Waals surface area contributed by atoms with Gasteiger partial charge in [-0.15, -0.1) is 0 Å². The van der Waals surface area contributed by atoms with Crippen LogP contribution in [-0.2, 0) is 20.0 Å². The minimum Gasteiger partial charge on any atom is -0.207 e. The van der Waals surface area contributed by atoms with Crippen molar-refractivity contribution >= 4 is 20.0 Å². The van der Waals surface area contributed by atoms with Gasteiger partial charge in [0.15, 0.2) is 0 Å². The lowest BCUT2D eigenvalue weighted by molar-refractivity contribution is 0.388. The van der Waals surface area contributed by atoms with Gasteiger partial charge in [-0.05, 0) is 37.1 Å². The smallest absolute Gasteiger partial charge is 0.207 e. The van der Waals surface area contributed by atoms with Crippen molar-refractivity contribution in [2.45, 2.75) is 49.9 Å². The van der Waals surface area contributed by atoms with E-state index in [1.54, 1.807) is 27.7 Å². The normalized spacial score (nSPS) is 15.1. The fourth-order valence-corrected chi connectivity index (χ4v) is 5.02. The predicted octanol–water partition coefficient (Wildman–Crippen LogP) is 1.93. The average Bonchev–Trinajstić information content (AvgIpc) is 2.55. The molecule has 0 aliphatic carbocycles. The highest BCUT2D eigenvalue weighted by Crippen LogP contribution is 2.22. The summed E-state index contributed by atoms with van der Waals surface area (Å²) in [6.07, 6.45) is 0. The minimum atomic E-state index is -3.95. The number of hydrogen-bond acceptors (Lipinski definition) is 5. The molecule has 0 radical (unpaired) electrons. The molecule has 0 amide bonds. The van der Waals surface area contributed by atoms with Crippen molar-refractivity contribution < 1.29 is 16.8 Å². The van der Waals surface area contributed by atoms with Gasteiger partial charge in [0, 0.05) is 13.1 Å². The zero-order valence-electron chi connectivity index (χ0n) is 15.1. The quantitative estimate of drug-likeness (QED) is 0.733. The van der Waals surface area contributed by atoms with Gasteiger partial charge in [-0.2, -0.15) is 14.3 Å². The van der Waals surface area contributed by atoms with E-state index in [0.717, 1.165) is 0 Å². The lowest BCUT2D eigenvalue weighted by atomic mass is 9.92. The second kappa shape index (κ2) is 7.83. The molecule has 0 aromatic heterocycles. The van der Waals surface area contributed by atoms with Gasteiger partial charge < -0.3 is 0 Å². The van der Waals surface area contributed by atoms with Gasteiger partial charge in [0.05, 0.1) is 15.9 Å². The van der Waals surface area contributed by atoms with Crippen LogP contribution in [0, 0.1) is 17.2 Å². The second-order valence-corrected chi connectivity index (χ2v) is 9.76. The SMILES string of the molecule is CCN(CC)S(=O)(=O)c1ccc(S(=O)(=O)N[C@](C)(C#N)C(C)C)cc1. The highest BCUT2D eigenvalue weighted by molar-refractivity contribution is 7.89. The lowest BCUT2D eigenvalue weighted by Gasteiger charge is -2.27. The highest BCUT2D eigenvalue weighted by Gasteiger charge is 2.34. The maximum atomic E-state index is 12.5. The summed E-state index contributed by atoms with van der Waals surface area (Å²) >= 11 is 0. The molecule has 0 unspecified atom stereocenters. The third-order valence-corrected chi connectivity index (χ3v) is 7.86. The number of benzene rings is 1. The number of sulfonamides is 2. The van der Waals surface area contributed by atoms with E-state index in [1.165, 1.54) is 35.5 Å². The highest BCUT2D eigenvalue weighted by atomic mass is 32.2. The molecule has 0 spiro atoms. The molecule has 1 aromatic carbocycles. The van der Waals surface area contributed by atoms with Crippen molar-refractivity contribution in [3.05, 3.63) is 24.3 Å². The third kappa shape index (κ3) is 4.58. The van der Waals surface area contributed by atoms with E-state index in [-0.39, 0.29) is 15.7 Å². The average molecular weight is 388 g/mol. The van der Waals surface area contributed by atoms with Gasteiger partial charge in [-0.25, -0.2) is 16.8 Å². The molecule has 1 atom stereocenters. The summed E-state index contributed by atoms with van der Waals surface area (Å²) in [7, 11) is -7.60. The van der Waals surface area contributed by atoms with Gasteiger partial charge in [-0.1, -0.05) is 27.7 Å². The van der Waals surface area contributed by atoms with Crippen LogP contribution in [0.1, 0.15) is 34.6 Å². The van der Waals surface area contributed by atoms with Gasteiger partial charge in [0.25, 0.3) is 0 Å². The standard InChI is InChI=1S/C16H25N3O4S2/c1-6-19(7-2)25(22,23)15-10-8-14(9-11-15)24(20,21)18-16(5,12-17)13(3)4/h8-11,13,18H,6-7H2,1-5H3/t16-/m1/s1. The number of hydrogen-bond donors (Lipinski definition) is 1. The van der Waals surface area contributed by atoms with E-state index in [4.69, 9.17) is 0 Å². The van der Waals surface area contributed by atoms with Crippen molar-refractivity contribution in [2.75, 3.05) is 13.1 Å². The molecule has 140 valence electrons. The monoisotopic (exact) mass is 387 g/mol. The minimum absolute atomic E-state index is 0.0297. The van der Waals surface area contributed by atoms with Crippen LogP contribution in [0.5, 0.6) is 0 Å². The molecule has 0 fully saturated rings. The van der Waals surface area contributed by atoms with E-state index in [2.05, 4.69) is 4.72 Å². The summed E-state index contributed by atoms with van der Waals surface area (Å²) in [4.78, 5) is -0.0600. The summed E-state index contributed by atoms with van der Waals surface area (Å²) in [5.74, 6) is -0.241. The summed E-state index contributed by atoms with van der Waals surface area (Å²) in [5.41, 5.74) is -1.26. The van der Waals surface area contributed by atoms with E-state index in [1.807, 2.05) is 6.07 Å². The third-order valence-electron chi connectivity index (χ3n) is 4.21. The first-order valence-electron chi connectivity index (χ1n) is 8.00. The van der Waals surface area contributed by atoms with Crippen LogP contribution in [0.4, 0.5) is 0 Å². The predicted molar refractivity (Wildman–Crippen MR) is 95.7 cm³/mol. The van der Waals surface area contributed by atoms with E-state index >= 15 is 0 Å². The van der Waals surface area contributed by atoms with Crippen LogP contribution < -0.4 is 4.72 Å². The van der Waals surface area contributed by atoms with Crippen molar-refractivity contribution in [1.82, 2.24) is 9.03 Å². The molecule has 9 heteroatoms. The molecule has 25 heavy (non-hydrogen) atoms. The van der Waals surface area contributed by atoms with E-state index < -0.39 is 25.6 Å². The Morgan fingerprint density at radius 2 is 1.52 bits per heavy atom. The van der Waals surface area contributed by atoms with Crippen molar-refractivity contribution in [3.8, 4) is 6.07 Å². The molecule has 1 N–H and O–H groups in total. The Hall–Kier alpha value is -1.47. The van der Waals surface area contributed by atoms with Crippen molar-refractivity contribution in [2.24, 2.45) is 5.92 Å². The Labute approximate surface area is 150 Å². The Morgan fingerprint density at radius 3 is 1.88 bits per heavy atom. The van der Waals surface area contributed by atoms with Crippen LogP contribution in [-0.4, -0.2) is 39.8 Å². The molecule has 0 saturated heterocycles. The van der Waals surface area contributed by atoms with Crippen LogP contribution in [0.25, 0.3) is 0 Å². The number of nitrogens with one attached hydrogen (secondary N) is 1. The van der Waals surface area contributed by atoms with Crippen molar-refractivity contribution in [3.63, 3.8) is 0 Å². The zero-order valence-corrected chi connectivity index (χ0v) is 16.8. The van der Waals surface area contributed by atoms with Crippen LogP contribution in [0.3, 0.4) is 0 Å². The Morgan fingerprint density at radius 1 is 1.08 bits per heavy atom. The number of nitriles is 1. The summed E-state index contributed by atoms with van der Waals surface area (Å²) in [6.45, 7) is 9.12. The molecule has 0 bridgehead atoms. The van der Waals surface area contributed by atoms with Gasteiger partial charge >= 0.3 is 0 Å². The molecular formula is C16H25N3O4S2. The van der Waals surface area contributed by atoms with Crippen LogP contribution >= 0.6 is 0 Å². The first-order chi connectivity index (χ1) is 11.4. The second-order valence-electron chi connectivity index (χ2n) is 6.14. The molecule has 0 heterocycles.